The molecular weight excluding hydrogens is 312 g/mol. The summed E-state index contributed by atoms with van der Waals surface area (Å²) in [7, 11) is 2.12. The molecule has 2 nitrogen and oxygen atoms in total. The first-order chi connectivity index (χ1) is 9.60. The number of nitrogens with one attached hydrogen (secondary N) is 1. The van der Waals surface area contributed by atoms with E-state index in [0.29, 0.717) is 6.04 Å². The Kier molecular flexibility index (Phi) is 4.09. The standard InChI is InChI=1S/C17H25BrN2/c1-11-7-13(18)8-12(2)17(11)20-15-5-4-6-16(20)10-14(9-15)19-3/h7-8,14-16,19H,4-6,9-10H2,1-3H3. The van der Waals surface area contributed by atoms with Gasteiger partial charge in [-0.05, 0) is 76.3 Å². The predicted octanol–water partition coefficient (Wildman–Crippen LogP) is 4.18. The van der Waals surface area contributed by atoms with Gasteiger partial charge in [0, 0.05) is 28.3 Å². The SMILES string of the molecule is CNC1CC2CCCC(C1)N2c1c(C)cc(Br)cc1C. The normalized spacial score (nSPS) is 29.6. The quantitative estimate of drug-likeness (QED) is 0.871. The molecule has 0 aromatic heterocycles. The molecule has 1 aromatic rings. The van der Waals surface area contributed by atoms with Gasteiger partial charge in [0.2, 0.25) is 0 Å². The Morgan fingerprint density at radius 3 is 2.15 bits per heavy atom. The van der Waals surface area contributed by atoms with Crippen LogP contribution in [-0.4, -0.2) is 25.2 Å². The first kappa shape index (κ1) is 14.4. The molecule has 110 valence electrons. The smallest absolute Gasteiger partial charge is 0.0431 e. The lowest BCUT2D eigenvalue weighted by Gasteiger charge is -2.51. The zero-order valence-electron chi connectivity index (χ0n) is 12.7. The van der Waals surface area contributed by atoms with E-state index in [1.165, 1.54) is 53.4 Å². The Morgan fingerprint density at radius 1 is 1.10 bits per heavy atom. The Hall–Kier alpha value is -0.540. The maximum atomic E-state index is 3.62. The molecule has 0 saturated carbocycles. The third-order valence-electron chi connectivity index (χ3n) is 5.10. The molecule has 1 N–H and O–H groups in total. The fraction of sp³-hybridized carbons (Fsp3) is 0.647. The summed E-state index contributed by atoms with van der Waals surface area (Å²) in [4.78, 5) is 2.76. The van der Waals surface area contributed by atoms with Gasteiger partial charge < -0.3 is 10.2 Å². The van der Waals surface area contributed by atoms with Crippen molar-refractivity contribution in [1.82, 2.24) is 5.32 Å². The van der Waals surface area contributed by atoms with Crippen LogP contribution in [0.5, 0.6) is 0 Å². The molecule has 2 saturated heterocycles. The van der Waals surface area contributed by atoms with Crippen molar-refractivity contribution < 1.29 is 0 Å². The molecule has 3 rings (SSSR count). The van der Waals surface area contributed by atoms with Crippen LogP contribution in [0.15, 0.2) is 16.6 Å². The van der Waals surface area contributed by atoms with Crippen molar-refractivity contribution in [2.45, 2.75) is 64.1 Å². The topological polar surface area (TPSA) is 15.3 Å². The highest BCUT2D eigenvalue weighted by molar-refractivity contribution is 9.10. The maximum absolute atomic E-state index is 3.62. The predicted molar refractivity (Wildman–Crippen MR) is 89.6 cm³/mol. The first-order valence-electron chi connectivity index (χ1n) is 7.82. The maximum Gasteiger partial charge on any atom is 0.0431 e. The van der Waals surface area contributed by atoms with Gasteiger partial charge in [-0.15, -0.1) is 0 Å². The van der Waals surface area contributed by atoms with E-state index in [4.69, 9.17) is 0 Å². The summed E-state index contributed by atoms with van der Waals surface area (Å²) in [6.45, 7) is 4.51. The number of aryl methyl sites for hydroxylation is 2. The van der Waals surface area contributed by atoms with Gasteiger partial charge in [-0.25, -0.2) is 0 Å². The van der Waals surface area contributed by atoms with E-state index in [2.05, 4.69) is 59.2 Å². The lowest BCUT2D eigenvalue weighted by molar-refractivity contribution is 0.252. The summed E-state index contributed by atoms with van der Waals surface area (Å²) >= 11 is 3.62. The van der Waals surface area contributed by atoms with E-state index < -0.39 is 0 Å². The third-order valence-corrected chi connectivity index (χ3v) is 5.55. The third kappa shape index (κ3) is 2.50. The van der Waals surface area contributed by atoms with Crippen molar-refractivity contribution >= 4 is 21.6 Å². The van der Waals surface area contributed by atoms with Crippen molar-refractivity contribution in [3.8, 4) is 0 Å². The molecule has 2 bridgehead atoms. The van der Waals surface area contributed by atoms with E-state index in [1.807, 2.05) is 0 Å². The molecule has 2 aliphatic heterocycles. The summed E-state index contributed by atoms with van der Waals surface area (Å²) in [5.41, 5.74) is 4.32. The van der Waals surface area contributed by atoms with Gasteiger partial charge >= 0.3 is 0 Å². The van der Waals surface area contributed by atoms with Crippen LogP contribution in [0.25, 0.3) is 0 Å². The van der Waals surface area contributed by atoms with Crippen LogP contribution in [0.1, 0.15) is 43.2 Å². The van der Waals surface area contributed by atoms with E-state index >= 15 is 0 Å². The van der Waals surface area contributed by atoms with Crippen LogP contribution < -0.4 is 10.2 Å². The number of fused-ring (bicyclic) bond motifs is 2. The molecule has 2 fully saturated rings. The molecule has 2 heterocycles. The second-order valence-corrected chi connectivity index (χ2v) is 7.41. The van der Waals surface area contributed by atoms with Crippen LogP contribution in [-0.2, 0) is 0 Å². The van der Waals surface area contributed by atoms with E-state index in [0.717, 1.165) is 12.1 Å². The number of benzene rings is 1. The van der Waals surface area contributed by atoms with Crippen molar-refractivity contribution in [2.24, 2.45) is 0 Å². The second kappa shape index (κ2) is 5.69. The molecule has 2 aliphatic rings. The number of hydrogen-bond donors (Lipinski definition) is 1. The van der Waals surface area contributed by atoms with Crippen molar-refractivity contribution in [1.29, 1.82) is 0 Å². The van der Waals surface area contributed by atoms with Crippen LogP contribution in [0.2, 0.25) is 0 Å². The van der Waals surface area contributed by atoms with E-state index in [9.17, 15) is 0 Å². The van der Waals surface area contributed by atoms with Gasteiger partial charge in [-0.3, -0.25) is 0 Å². The lowest BCUT2D eigenvalue weighted by atomic mass is 9.80. The Bertz CT molecular complexity index is 463. The molecule has 1 aromatic carbocycles. The monoisotopic (exact) mass is 336 g/mol. The number of piperidine rings is 2. The summed E-state index contributed by atoms with van der Waals surface area (Å²) in [5.74, 6) is 0. The fourth-order valence-electron chi connectivity index (χ4n) is 4.29. The molecule has 2 unspecified atom stereocenters. The molecule has 0 radical (unpaired) electrons. The highest BCUT2D eigenvalue weighted by Crippen LogP contribution is 2.41. The van der Waals surface area contributed by atoms with Gasteiger partial charge in [0.1, 0.15) is 0 Å². The summed E-state index contributed by atoms with van der Waals surface area (Å²) in [6.07, 6.45) is 6.69. The van der Waals surface area contributed by atoms with Crippen molar-refractivity contribution in [3.63, 3.8) is 0 Å². The number of halogens is 1. The highest BCUT2D eigenvalue weighted by Gasteiger charge is 2.38. The molecule has 0 amide bonds. The fourth-order valence-corrected chi connectivity index (χ4v) is 4.98. The minimum atomic E-state index is 0.706. The summed E-state index contributed by atoms with van der Waals surface area (Å²) < 4.78 is 1.20. The summed E-state index contributed by atoms with van der Waals surface area (Å²) in [5, 5.41) is 3.51. The van der Waals surface area contributed by atoms with Crippen LogP contribution >= 0.6 is 15.9 Å². The Labute approximate surface area is 131 Å². The highest BCUT2D eigenvalue weighted by atomic mass is 79.9. The zero-order valence-corrected chi connectivity index (χ0v) is 14.3. The van der Waals surface area contributed by atoms with E-state index in [-0.39, 0.29) is 0 Å². The van der Waals surface area contributed by atoms with Gasteiger partial charge in [-0.2, -0.15) is 0 Å². The number of nitrogens with zero attached hydrogens (tertiary/aromatic N) is 1. The molecule has 2 atom stereocenters. The number of hydrogen-bond acceptors (Lipinski definition) is 2. The largest absolute Gasteiger partial charge is 0.365 e. The van der Waals surface area contributed by atoms with Gasteiger partial charge in [-0.1, -0.05) is 15.9 Å². The average Bonchev–Trinajstić information content (AvgIpc) is 2.36. The zero-order chi connectivity index (χ0) is 14.3. The van der Waals surface area contributed by atoms with Crippen molar-refractivity contribution in [2.75, 3.05) is 11.9 Å². The lowest BCUT2D eigenvalue weighted by Crippen LogP contribution is -2.56. The van der Waals surface area contributed by atoms with E-state index in [1.54, 1.807) is 0 Å². The minimum Gasteiger partial charge on any atom is -0.365 e. The first-order valence-corrected chi connectivity index (χ1v) is 8.61. The minimum absolute atomic E-state index is 0.706. The number of rotatable bonds is 2. The molecule has 20 heavy (non-hydrogen) atoms. The average molecular weight is 337 g/mol. The van der Waals surface area contributed by atoms with Crippen LogP contribution in [0.3, 0.4) is 0 Å². The number of anilines is 1. The van der Waals surface area contributed by atoms with Gasteiger partial charge in [0.05, 0.1) is 0 Å². The van der Waals surface area contributed by atoms with Gasteiger partial charge in [0.15, 0.2) is 0 Å². The second-order valence-electron chi connectivity index (χ2n) is 6.49. The Morgan fingerprint density at radius 2 is 1.65 bits per heavy atom. The molecular formula is C17H25BrN2. The van der Waals surface area contributed by atoms with Gasteiger partial charge in [0.25, 0.3) is 0 Å². The molecule has 3 heteroatoms. The summed E-state index contributed by atoms with van der Waals surface area (Å²) in [6, 6.07) is 6.68. The van der Waals surface area contributed by atoms with Crippen LogP contribution in [0, 0.1) is 13.8 Å². The molecule has 0 spiro atoms. The van der Waals surface area contributed by atoms with Crippen molar-refractivity contribution in [3.05, 3.63) is 27.7 Å². The van der Waals surface area contributed by atoms with Crippen LogP contribution in [0.4, 0.5) is 5.69 Å². The molecule has 0 aliphatic carbocycles. The Balaban J connectivity index is 1.98.